The predicted molar refractivity (Wildman–Crippen MR) is 342 cm³/mol. The standard InChI is InChI=1S/C70H133NO13/c1-3-5-7-9-11-13-15-17-19-20-21-22-23-24-25-26-27-28-29-30-31-32-33-34-35-36-37-38-40-42-44-46-48-50-52-54-62(75)71-58(59(74)53-51-49-47-45-43-41-39-18-16-14-12-10-8-6-4-2)57-81-69-67(80)65(78)68(61(56-73)83-69)84-70-66(79)64(77)63(76)60(55-72)82-70/h43,45,51,53,58-61,63-70,72-74,76-80H,3-42,44,46-50,52,54-57H2,1-2H3,(H,71,75)/b45-43+,53-51+. The minimum Gasteiger partial charge on any atom is -0.394 e. The number of allylic oxidation sites excluding steroid dienone is 3. The number of carbonyl (C=O) groups is 1. The predicted octanol–water partition coefficient (Wildman–Crippen LogP) is 14.3. The van der Waals surface area contributed by atoms with Gasteiger partial charge < -0.3 is 65.1 Å². The molecule has 0 bridgehead atoms. The van der Waals surface area contributed by atoms with Crippen LogP contribution < -0.4 is 5.32 Å². The quantitative estimate of drug-likeness (QED) is 0.0204. The average molecular weight is 1200 g/mol. The van der Waals surface area contributed by atoms with E-state index in [9.17, 15) is 45.6 Å². The summed E-state index contributed by atoms with van der Waals surface area (Å²) in [4.78, 5) is 13.3. The van der Waals surface area contributed by atoms with E-state index in [1.54, 1.807) is 6.08 Å². The third-order valence-corrected chi connectivity index (χ3v) is 17.6. The maximum absolute atomic E-state index is 13.3. The van der Waals surface area contributed by atoms with Gasteiger partial charge in [-0.1, -0.05) is 308 Å². The maximum Gasteiger partial charge on any atom is 0.220 e. The minimum absolute atomic E-state index is 0.243. The summed E-state index contributed by atoms with van der Waals surface area (Å²) in [6.45, 7) is 2.82. The zero-order valence-corrected chi connectivity index (χ0v) is 53.9. The molecule has 0 spiro atoms. The van der Waals surface area contributed by atoms with Gasteiger partial charge in [-0.25, -0.2) is 0 Å². The summed E-state index contributed by atoms with van der Waals surface area (Å²) in [5, 5.41) is 87.2. The van der Waals surface area contributed by atoms with E-state index in [1.807, 2.05) is 6.08 Å². The van der Waals surface area contributed by atoms with Gasteiger partial charge in [0, 0.05) is 6.42 Å². The molecule has 84 heavy (non-hydrogen) atoms. The molecular weight excluding hydrogens is 1060 g/mol. The molecule has 496 valence electrons. The Morgan fingerprint density at radius 1 is 0.417 bits per heavy atom. The molecule has 12 atom stereocenters. The van der Waals surface area contributed by atoms with E-state index < -0.39 is 86.8 Å². The van der Waals surface area contributed by atoms with Gasteiger partial charge in [0.2, 0.25) is 5.91 Å². The van der Waals surface area contributed by atoms with Crippen LogP contribution in [0.5, 0.6) is 0 Å². The van der Waals surface area contributed by atoms with E-state index in [4.69, 9.17) is 18.9 Å². The van der Waals surface area contributed by atoms with Crippen LogP contribution in [0.15, 0.2) is 24.3 Å². The summed E-state index contributed by atoms with van der Waals surface area (Å²) in [7, 11) is 0. The Bertz CT molecular complexity index is 1500. The largest absolute Gasteiger partial charge is 0.394 e. The highest BCUT2D eigenvalue weighted by Crippen LogP contribution is 2.30. The summed E-state index contributed by atoms with van der Waals surface area (Å²) in [5.74, 6) is -0.243. The summed E-state index contributed by atoms with van der Waals surface area (Å²) in [6, 6.07) is -0.928. The third kappa shape index (κ3) is 39.5. The average Bonchev–Trinajstić information content (AvgIpc) is 3.57. The van der Waals surface area contributed by atoms with Crippen LogP contribution in [-0.4, -0.2) is 140 Å². The molecular formula is C70H133NO13. The van der Waals surface area contributed by atoms with Crippen molar-refractivity contribution in [2.75, 3.05) is 19.8 Å². The minimum atomic E-state index is -1.79. The van der Waals surface area contributed by atoms with Crippen LogP contribution in [0.2, 0.25) is 0 Å². The molecule has 0 aromatic rings. The molecule has 9 N–H and O–H groups in total. The second kappa shape index (κ2) is 55.5. The van der Waals surface area contributed by atoms with Crippen molar-refractivity contribution < 1.29 is 64.6 Å². The molecule has 14 nitrogen and oxygen atoms in total. The molecule has 2 heterocycles. The van der Waals surface area contributed by atoms with Crippen molar-refractivity contribution in [1.29, 1.82) is 0 Å². The highest BCUT2D eigenvalue weighted by atomic mass is 16.7. The van der Waals surface area contributed by atoms with Crippen LogP contribution in [0.3, 0.4) is 0 Å². The molecule has 14 heteroatoms. The molecule has 2 aliphatic rings. The molecule has 1 amide bonds. The first kappa shape index (κ1) is 78.6. The lowest BCUT2D eigenvalue weighted by Crippen LogP contribution is -2.65. The fourth-order valence-corrected chi connectivity index (χ4v) is 12.0. The molecule has 2 fully saturated rings. The molecule has 2 saturated heterocycles. The van der Waals surface area contributed by atoms with Crippen molar-refractivity contribution in [2.45, 2.75) is 396 Å². The van der Waals surface area contributed by atoms with E-state index in [1.165, 1.54) is 257 Å². The van der Waals surface area contributed by atoms with Crippen molar-refractivity contribution >= 4 is 5.91 Å². The Morgan fingerprint density at radius 2 is 0.762 bits per heavy atom. The third-order valence-electron chi connectivity index (χ3n) is 17.6. The zero-order chi connectivity index (χ0) is 60.9. The van der Waals surface area contributed by atoms with E-state index in [2.05, 4.69) is 31.3 Å². The number of amides is 1. The molecule has 2 rings (SSSR count). The van der Waals surface area contributed by atoms with Gasteiger partial charge >= 0.3 is 0 Å². The first-order chi connectivity index (χ1) is 41.1. The molecule has 0 saturated carbocycles. The van der Waals surface area contributed by atoms with E-state index in [-0.39, 0.29) is 18.9 Å². The summed E-state index contributed by atoms with van der Waals surface area (Å²) in [6.07, 6.45) is 52.7. The van der Waals surface area contributed by atoms with Crippen molar-refractivity contribution in [3.8, 4) is 0 Å². The number of rotatable bonds is 59. The highest BCUT2D eigenvalue weighted by molar-refractivity contribution is 5.76. The van der Waals surface area contributed by atoms with Crippen molar-refractivity contribution in [2.24, 2.45) is 0 Å². The number of carbonyl (C=O) groups excluding carboxylic acids is 1. The molecule has 12 unspecified atom stereocenters. The maximum atomic E-state index is 13.3. The Hall–Kier alpha value is -1.53. The van der Waals surface area contributed by atoms with E-state index in [0.29, 0.717) is 12.8 Å². The number of hydrogen-bond donors (Lipinski definition) is 9. The van der Waals surface area contributed by atoms with E-state index in [0.717, 1.165) is 32.1 Å². The molecule has 0 radical (unpaired) electrons. The van der Waals surface area contributed by atoms with Crippen molar-refractivity contribution in [1.82, 2.24) is 5.32 Å². The van der Waals surface area contributed by atoms with Gasteiger partial charge in [0.05, 0.1) is 32.0 Å². The number of aliphatic hydroxyl groups is 8. The topological polar surface area (TPSA) is 228 Å². The lowest BCUT2D eigenvalue weighted by atomic mass is 9.97. The first-order valence-corrected chi connectivity index (χ1v) is 35.6. The fraction of sp³-hybridized carbons (Fsp3) is 0.929. The smallest absolute Gasteiger partial charge is 0.220 e. The monoisotopic (exact) mass is 1200 g/mol. The second-order valence-electron chi connectivity index (χ2n) is 25.4. The van der Waals surface area contributed by atoms with E-state index >= 15 is 0 Å². The van der Waals surface area contributed by atoms with Crippen molar-refractivity contribution in [3.63, 3.8) is 0 Å². The summed E-state index contributed by atoms with van der Waals surface area (Å²) in [5.41, 5.74) is 0. The van der Waals surface area contributed by atoms with Gasteiger partial charge in [0.1, 0.15) is 48.8 Å². The van der Waals surface area contributed by atoms with Crippen molar-refractivity contribution in [3.05, 3.63) is 24.3 Å². The summed E-state index contributed by atoms with van der Waals surface area (Å²) >= 11 is 0. The van der Waals surface area contributed by atoms with Gasteiger partial charge in [-0.2, -0.15) is 0 Å². The number of nitrogens with one attached hydrogen (secondary N) is 1. The van der Waals surface area contributed by atoms with Crippen LogP contribution in [0, 0.1) is 0 Å². The summed E-state index contributed by atoms with van der Waals surface area (Å²) < 4.78 is 22.8. The molecule has 0 aliphatic carbocycles. The number of ether oxygens (including phenoxy) is 4. The lowest BCUT2D eigenvalue weighted by Gasteiger charge is -2.46. The van der Waals surface area contributed by atoms with Gasteiger partial charge in [-0.15, -0.1) is 0 Å². The molecule has 0 aromatic heterocycles. The molecule has 0 aromatic carbocycles. The zero-order valence-electron chi connectivity index (χ0n) is 53.9. The Morgan fingerprint density at radius 3 is 1.17 bits per heavy atom. The fourth-order valence-electron chi connectivity index (χ4n) is 12.0. The van der Waals surface area contributed by atoms with Crippen LogP contribution >= 0.6 is 0 Å². The number of hydrogen-bond acceptors (Lipinski definition) is 13. The number of aliphatic hydroxyl groups excluding tert-OH is 8. The first-order valence-electron chi connectivity index (χ1n) is 35.6. The lowest BCUT2D eigenvalue weighted by molar-refractivity contribution is -0.359. The van der Waals surface area contributed by atoms with Gasteiger partial charge in [-0.05, 0) is 32.1 Å². The Kier molecular flexibility index (Phi) is 51.9. The van der Waals surface area contributed by atoms with Gasteiger partial charge in [-0.3, -0.25) is 4.79 Å². The molecule has 2 aliphatic heterocycles. The van der Waals surface area contributed by atoms with Gasteiger partial charge in [0.25, 0.3) is 0 Å². The van der Waals surface area contributed by atoms with Crippen LogP contribution in [0.1, 0.15) is 322 Å². The Labute approximate surface area is 513 Å². The SMILES string of the molecule is CCCCCCCCCCC/C=C/CC/C=C/C(O)C(COC1OC(CO)C(OC2OC(CO)C(O)C(O)C2O)C(O)C1O)NC(=O)CCCCCCCCCCCCCCCCCCCCCCCCCCCCCCCCCCCCC. The van der Waals surface area contributed by atoms with Crippen LogP contribution in [0.25, 0.3) is 0 Å². The normalized spacial score (nSPS) is 23.7. The second-order valence-corrected chi connectivity index (χ2v) is 25.4. The van der Waals surface area contributed by atoms with Crippen LogP contribution in [0.4, 0.5) is 0 Å². The Balaban J connectivity index is 1.59. The van der Waals surface area contributed by atoms with Crippen LogP contribution in [-0.2, 0) is 23.7 Å². The highest BCUT2D eigenvalue weighted by Gasteiger charge is 2.51. The number of unbranched alkanes of at least 4 members (excludes halogenated alkanes) is 44. The van der Waals surface area contributed by atoms with Gasteiger partial charge in [0.15, 0.2) is 12.6 Å².